The lowest BCUT2D eigenvalue weighted by molar-refractivity contribution is 0.102. The molecule has 0 unspecified atom stereocenters. The van der Waals surface area contributed by atoms with E-state index in [9.17, 15) is 4.79 Å². The van der Waals surface area contributed by atoms with Crippen LogP contribution in [0.2, 0.25) is 0 Å². The summed E-state index contributed by atoms with van der Waals surface area (Å²) in [6, 6.07) is 5.60. The molecule has 1 heterocycles. The van der Waals surface area contributed by atoms with E-state index in [-0.39, 0.29) is 5.91 Å². The van der Waals surface area contributed by atoms with Gasteiger partial charge in [0.15, 0.2) is 0 Å². The fourth-order valence-corrected chi connectivity index (χ4v) is 2.41. The quantitative estimate of drug-likeness (QED) is 0.901. The van der Waals surface area contributed by atoms with Gasteiger partial charge in [-0.25, -0.2) is 0 Å². The van der Waals surface area contributed by atoms with Gasteiger partial charge < -0.3 is 10.2 Å². The number of rotatable bonds is 5. The zero-order valence-corrected chi connectivity index (χ0v) is 14.0. The van der Waals surface area contributed by atoms with E-state index in [0.29, 0.717) is 11.3 Å². The minimum absolute atomic E-state index is 0.118. The molecule has 0 aliphatic rings. The summed E-state index contributed by atoms with van der Waals surface area (Å²) in [7, 11) is 4.03. The molecule has 0 radical (unpaired) electrons. The molecule has 0 saturated carbocycles. The minimum Gasteiger partial charge on any atom is -0.319 e. The van der Waals surface area contributed by atoms with Crippen LogP contribution in [0.1, 0.15) is 15.9 Å². The second kappa shape index (κ2) is 6.87. The fraction of sp³-hybridized carbons (Fsp3) is 0.333. The van der Waals surface area contributed by atoms with Crippen LogP contribution in [-0.2, 0) is 6.54 Å². The van der Waals surface area contributed by atoms with Gasteiger partial charge in [0.25, 0.3) is 5.91 Å². The maximum Gasteiger partial charge on any atom is 0.256 e. The third-order valence-corrected chi connectivity index (χ3v) is 3.59. The highest BCUT2D eigenvalue weighted by Gasteiger charge is 2.10. The number of nitrogens with zero attached hydrogens (tertiary/aromatic N) is 3. The number of anilines is 1. The van der Waals surface area contributed by atoms with Gasteiger partial charge in [-0.1, -0.05) is 15.9 Å². The first-order valence-corrected chi connectivity index (χ1v) is 7.49. The van der Waals surface area contributed by atoms with Crippen LogP contribution < -0.4 is 5.32 Å². The Morgan fingerprint density at radius 2 is 2.19 bits per heavy atom. The molecular formula is C15H19BrN4O. The van der Waals surface area contributed by atoms with Crippen LogP contribution in [0.25, 0.3) is 0 Å². The average Bonchev–Trinajstić information content (AvgIpc) is 2.83. The number of nitrogens with one attached hydrogen (secondary N) is 1. The summed E-state index contributed by atoms with van der Waals surface area (Å²) < 4.78 is 2.79. The van der Waals surface area contributed by atoms with Crippen LogP contribution in [0, 0.1) is 6.92 Å². The van der Waals surface area contributed by atoms with Crippen LogP contribution in [-0.4, -0.2) is 41.2 Å². The highest BCUT2D eigenvalue weighted by molar-refractivity contribution is 9.10. The van der Waals surface area contributed by atoms with E-state index in [0.717, 1.165) is 23.1 Å². The van der Waals surface area contributed by atoms with Gasteiger partial charge in [0.1, 0.15) is 0 Å². The Bertz CT molecular complexity index is 636. The first-order valence-electron chi connectivity index (χ1n) is 6.70. The number of benzene rings is 1. The Morgan fingerprint density at radius 3 is 2.86 bits per heavy atom. The van der Waals surface area contributed by atoms with Gasteiger partial charge in [-0.3, -0.25) is 9.48 Å². The van der Waals surface area contributed by atoms with Gasteiger partial charge in [-0.15, -0.1) is 0 Å². The summed E-state index contributed by atoms with van der Waals surface area (Å²) in [6.45, 7) is 3.61. The zero-order chi connectivity index (χ0) is 15.4. The van der Waals surface area contributed by atoms with Crippen LogP contribution in [0.5, 0.6) is 0 Å². The lowest BCUT2D eigenvalue weighted by Gasteiger charge is -2.08. The van der Waals surface area contributed by atoms with Crippen molar-refractivity contribution < 1.29 is 4.79 Å². The van der Waals surface area contributed by atoms with E-state index in [1.807, 2.05) is 50.1 Å². The standard InChI is InChI=1S/C15H19BrN4O/c1-11-8-12(16)4-5-14(11)15(21)18-13-9-17-20(10-13)7-6-19(2)3/h4-5,8-10H,6-7H2,1-3H3,(H,18,21). The number of aromatic nitrogens is 2. The second-order valence-electron chi connectivity index (χ2n) is 5.21. The smallest absolute Gasteiger partial charge is 0.256 e. The van der Waals surface area contributed by atoms with Gasteiger partial charge >= 0.3 is 0 Å². The van der Waals surface area contributed by atoms with Crippen molar-refractivity contribution in [2.45, 2.75) is 13.5 Å². The fourth-order valence-electron chi connectivity index (χ4n) is 1.93. The maximum absolute atomic E-state index is 12.2. The van der Waals surface area contributed by atoms with Crippen molar-refractivity contribution in [1.29, 1.82) is 0 Å². The molecule has 6 heteroatoms. The Labute approximate surface area is 133 Å². The summed E-state index contributed by atoms with van der Waals surface area (Å²) in [5, 5.41) is 7.11. The molecule has 1 aromatic heterocycles. The van der Waals surface area contributed by atoms with Crippen LogP contribution in [0.15, 0.2) is 35.1 Å². The summed E-state index contributed by atoms with van der Waals surface area (Å²) >= 11 is 3.40. The van der Waals surface area contributed by atoms with Crippen molar-refractivity contribution in [2.24, 2.45) is 0 Å². The molecule has 21 heavy (non-hydrogen) atoms. The van der Waals surface area contributed by atoms with E-state index >= 15 is 0 Å². The molecule has 0 saturated heterocycles. The molecule has 2 aromatic rings. The summed E-state index contributed by atoms with van der Waals surface area (Å²) in [5.41, 5.74) is 2.31. The second-order valence-corrected chi connectivity index (χ2v) is 6.12. The monoisotopic (exact) mass is 350 g/mol. The Hall–Kier alpha value is -1.66. The number of aryl methyl sites for hydroxylation is 1. The first-order chi connectivity index (χ1) is 9.95. The highest BCUT2D eigenvalue weighted by atomic mass is 79.9. The molecule has 0 aliphatic heterocycles. The van der Waals surface area contributed by atoms with Crippen LogP contribution >= 0.6 is 15.9 Å². The number of halogens is 1. The Balaban J connectivity index is 2.02. The van der Waals surface area contributed by atoms with E-state index in [2.05, 4.69) is 31.2 Å². The van der Waals surface area contributed by atoms with Crippen molar-refractivity contribution in [3.63, 3.8) is 0 Å². The third kappa shape index (κ3) is 4.41. The van der Waals surface area contributed by atoms with E-state index in [4.69, 9.17) is 0 Å². The molecule has 1 amide bonds. The molecule has 1 N–H and O–H groups in total. The molecule has 2 rings (SSSR count). The molecule has 0 bridgehead atoms. The summed E-state index contributed by atoms with van der Waals surface area (Å²) in [6.07, 6.45) is 3.51. The number of hydrogen-bond donors (Lipinski definition) is 1. The molecule has 0 spiro atoms. The van der Waals surface area contributed by atoms with Gasteiger partial charge in [0.05, 0.1) is 18.4 Å². The average molecular weight is 351 g/mol. The molecule has 0 fully saturated rings. The maximum atomic E-state index is 12.2. The third-order valence-electron chi connectivity index (χ3n) is 3.10. The number of carbonyl (C=O) groups excluding carboxylic acids is 1. The normalized spacial score (nSPS) is 10.9. The number of carbonyl (C=O) groups is 1. The largest absolute Gasteiger partial charge is 0.319 e. The molecule has 1 aromatic carbocycles. The van der Waals surface area contributed by atoms with Crippen molar-refractivity contribution in [1.82, 2.24) is 14.7 Å². The van der Waals surface area contributed by atoms with Gasteiger partial charge in [0.2, 0.25) is 0 Å². The number of likely N-dealkylation sites (N-methyl/N-ethyl adjacent to an activating group) is 1. The molecule has 0 aliphatic carbocycles. The predicted octanol–water partition coefficient (Wildman–Crippen LogP) is 2.77. The van der Waals surface area contributed by atoms with Gasteiger partial charge in [-0.05, 0) is 44.8 Å². The molecule has 5 nitrogen and oxygen atoms in total. The predicted molar refractivity (Wildman–Crippen MR) is 87.6 cm³/mol. The van der Waals surface area contributed by atoms with Gasteiger partial charge in [-0.2, -0.15) is 5.10 Å². The molecular weight excluding hydrogens is 332 g/mol. The highest BCUT2D eigenvalue weighted by Crippen LogP contribution is 2.17. The lowest BCUT2D eigenvalue weighted by atomic mass is 10.1. The minimum atomic E-state index is -0.118. The van der Waals surface area contributed by atoms with Crippen molar-refractivity contribution >= 4 is 27.5 Å². The van der Waals surface area contributed by atoms with Crippen LogP contribution in [0.3, 0.4) is 0 Å². The topological polar surface area (TPSA) is 50.2 Å². The van der Waals surface area contributed by atoms with Crippen molar-refractivity contribution in [3.05, 3.63) is 46.2 Å². The van der Waals surface area contributed by atoms with Crippen molar-refractivity contribution in [3.8, 4) is 0 Å². The zero-order valence-electron chi connectivity index (χ0n) is 12.4. The SMILES string of the molecule is Cc1cc(Br)ccc1C(=O)Nc1cnn(CCN(C)C)c1. The summed E-state index contributed by atoms with van der Waals surface area (Å²) in [4.78, 5) is 14.3. The van der Waals surface area contributed by atoms with Crippen LogP contribution in [0.4, 0.5) is 5.69 Å². The lowest BCUT2D eigenvalue weighted by Crippen LogP contribution is -2.18. The number of amides is 1. The molecule has 0 atom stereocenters. The summed E-state index contributed by atoms with van der Waals surface area (Å²) in [5.74, 6) is -0.118. The number of hydrogen-bond acceptors (Lipinski definition) is 3. The van der Waals surface area contributed by atoms with E-state index < -0.39 is 0 Å². The Morgan fingerprint density at radius 1 is 1.43 bits per heavy atom. The van der Waals surface area contributed by atoms with Gasteiger partial charge in [0, 0.05) is 22.8 Å². The van der Waals surface area contributed by atoms with E-state index in [1.165, 1.54) is 0 Å². The molecule has 112 valence electrons. The van der Waals surface area contributed by atoms with Crippen molar-refractivity contribution in [2.75, 3.05) is 26.0 Å². The van der Waals surface area contributed by atoms with E-state index in [1.54, 1.807) is 6.20 Å². The Kier molecular flexibility index (Phi) is 5.14. The first kappa shape index (κ1) is 15.7.